The molecule has 3 nitrogen and oxygen atoms in total. The number of fused-ring (bicyclic) bond motifs is 1. The fourth-order valence-electron chi connectivity index (χ4n) is 4.36. The van der Waals surface area contributed by atoms with Gasteiger partial charge in [-0.05, 0) is 51.3 Å². The number of hydrogen-bond donors (Lipinski definition) is 0. The predicted octanol–water partition coefficient (Wildman–Crippen LogP) is 5.11. The number of aromatic nitrogens is 2. The van der Waals surface area contributed by atoms with E-state index in [1.165, 1.54) is 0 Å². The Labute approximate surface area is 157 Å². The van der Waals surface area contributed by atoms with Gasteiger partial charge in [-0.1, -0.05) is 27.6 Å². The molecule has 138 valence electrons. The van der Waals surface area contributed by atoms with Gasteiger partial charge in [-0.2, -0.15) is 13.2 Å². The molecule has 2 aromatic rings. The fourth-order valence-corrected chi connectivity index (χ4v) is 4.71. The van der Waals surface area contributed by atoms with Crippen LogP contribution in [0.5, 0.6) is 0 Å². The Bertz CT molecular complexity index is 982. The molecule has 3 saturated carbocycles. The third-order valence-corrected chi connectivity index (χ3v) is 6.22. The molecular weight excluding hydrogens is 409 g/mol. The molecule has 0 saturated heterocycles. The molecule has 3 aliphatic rings. The lowest BCUT2D eigenvalue weighted by Gasteiger charge is -2.69. The van der Waals surface area contributed by atoms with Crippen LogP contribution < -0.4 is 5.56 Å². The van der Waals surface area contributed by atoms with Crippen molar-refractivity contribution in [2.75, 3.05) is 0 Å². The second-order valence-corrected chi connectivity index (χ2v) is 8.80. The molecule has 7 heteroatoms. The molecule has 1 aromatic heterocycles. The first-order valence-corrected chi connectivity index (χ1v) is 9.27. The van der Waals surface area contributed by atoms with Gasteiger partial charge < -0.3 is 4.57 Å². The Kier molecular flexibility index (Phi) is 3.72. The third kappa shape index (κ3) is 2.39. The van der Waals surface area contributed by atoms with Crippen LogP contribution in [0.3, 0.4) is 0 Å². The number of allylic oxidation sites excluding steroid dienone is 2. The minimum atomic E-state index is -4.20. The van der Waals surface area contributed by atoms with Crippen LogP contribution in [0.2, 0.25) is 0 Å². The Morgan fingerprint density at radius 3 is 2.54 bits per heavy atom. The summed E-state index contributed by atoms with van der Waals surface area (Å²) in [7, 11) is 0. The normalized spacial score (nSPS) is 27.0. The highest BCUT2D eigenvalue weighted by Crippen LogP contribution is 2.77. The molecule has 1 heterocycles. The Hall–Kier alpha value is -1.63. The van der Waals surface area contributed by atoms with E-state index in [9.17, 15) is 18.0 Å². The monoisotopic (exact) mass is 426 g/mol. The third-order valence-electron chi connectivity index (χ3n) is 5.72. The van der Waals surface area contributed by atoms with E-state index in [4.69, 9.17) is 0 Å². The first-order chi connectivity index (χ1) is 12.1. The average Bonchev–Trinajstić information content (AvgIpc) is 2.42. The summed E-state index contributed by atoms with van der Waals surface area (Å²) in [5.41, 5.74) is 0.0956. The van der Waals surface area contributed by atoms with E-state index >= 15 is 0 Å². The fraction of sp³-hybridized carbons (Fsp3) is 0.474. The van der Waals surface area contributed by atoms with Crippen LogP contribution in [-0.2, 0) is 12.0 Å². The molecule has 1 aromatic carbocycles. The van der Waals surface area contributed by atoms with Crippen molar-refractivity contribution in [1.82, 2.24) is 9.55 Å². The van der Waals surface area contributed by atoms with Crippen LogP contribution in [0.15, 0.2) is 39.1 Å². The molecule has 0 spiro atoms. The van der Waals surface area contributed by atoms with Crippen LogP contribution >= 0.6 is 15.9 Å². The molecule has 0 radical (unpaired) electrons. The number of halogens is 4. The van der Waals surface area contributed by atoms with Gasteiger partial charge in [0, 0.05) is 16.4 Å². The summed E-state index contributed by atoms with van der Waals surface area (Å²) in [5, 5.41) is 0. The van der Waals surface area contributed by atoms with Gasteiger partial charge in [-0.15, -0.1) is 0 Å². The van der Waals surface area contributed by atoms with E-state index in [-0.39, 0.29) is 30.5 Å². The van der Waals surface area contributed by atoms with Gasteiger partial charge >= 0.3 is 6.18 Å². The minimum absolute atomic E-state index is 0.0199. The van der Waals surface area contributed by atoms with Crippen molar-refractivity contribution < 1.29 is 13.2 Å². The lowest BCUT2D eigenvalue weighted by atomic mass is 9.34. The lowest BCUT2D eigenvalue weighted by Crippen LogP contribution is -2.71. The standard InChI is InChI=1S/C19H18BrF3N2O/c1-11(2)5-6-25-14-4-3-12(20)7-13(14)24-15(16(25)26)17-8-18(9-17,10-17)19(21,22)23/h3-5,7H,6,8-10H2,1-2H3. The minimum Gasteiger partial charge on any atom is -0.301 e. The molecule has 2 bridgehead atoms. The highest BCUT2D eigenvalue weighted by Gasteiger charge is 2.79. The molecule has 0 amide bonds. The van der Waals surface area contributed by atoms with Crippen molar-refractivity contribution in [3.8, 4) is 0 Å². The second kappa shape index (κ2) is 5.44. The lowest BCUT2D eigenvalue weighted by molar-refractivity contribution is -0.338. The smallest absolute Gasteiger partial charge is 0.301 e. The number of nitrogens with zero attached hydrogens (tertiary/aromatic N) is 2. The van der Waals surface area contributed by atoms with Gasteiger partial charge in [0.05, 0.1) is 16.4 Å². The van der Waals surface area contributed by atoms with E-state index in [2.05, 4.69) is 20.9 Å². The van der Waals surface area contributed by atoms with E-state index in [0.29, 0.717) is 17.6 Å². The molecule has 26 heavy (non-hydrogen) atoms. The maximum Gasteiger partial charge on any atom is 0.394 e. The van der Waals surface area contributed by atoms with E-state index in [1.807, 2.05) is 38.1 Å². The first kappa shape index (κ1) is 17.8. The topological polar surface area (TPSA) is 34.9 Å². The van der Waals surface area contributed by atoms with Crippen molar-refractivity contribution in [1.29, 1.82) is 0 Å². The average molecular weight is 427 g/mol. The molecule has 5 rings (SSSR count). The quantitative estimate of drug-likeness (QED) is 0.639. The maximum absolute atomic E-state index is 13.2. The zero-order valence-electron chi connectivity index (χ0n) is 14.5. The molecular formula is C19H18BrF3N2O. The maximum atomic E-state index is 13.2. The van der Waals surface area contributed by atoms with Gasteiger partial charge in [0.25, 0.3) is 5.56 Å². The van der Waals surface area contributed by atoms with Crippen LogP contribution in [0.1, 0.15) is 38.8 Å². The van der Waals surface area contributed by atoms with Crippen molar-refractivity contribution in [3.63, 3.8) is 0 Å². The van der Waals surface area contributed by atoms with E-state index in [0.717, 1.165) is 10.0 Å². The highest BCUT2D eigenvalue weighted by atomic mass is 79.9. The van der Waals surface area contributed by atoms with Crippen LogP contribution in [-0.4, -0.2) is 15.7 Å². The largest absolute Gasteiger partial charge is 0.394 e. The molecule has 0 N–H and O–H groups in total. The van der Waals surface area contributed by atoms with Gasteiger partial charge in [-0.25, -0.2) is 4.98 Å². The zero-order valence-corrected chi connectivity index (χ0v) is 16.0. The van der Waals surface area contributed by atoms with Crippen molar-refractivity contribution in [3.05, 3.63) is 50.4 Å². The summed E-state index contributed by atoms with van der Waals surface area (Å²) >= 11 is 3.40. The number of hydrogen-bond acceptors (Lipinski definition) is 2. The predicted molar refractivity (Wildman–Crippen MR) is 97.2 cm³/mol. The van der Waals surface area contributed by atoms with Crippen LogP contribution in [0, 0.1) is 5.41 Å². The van der Waals surface area contributed by atoms with E-state index in [1.54, 1.807) is 4.57 Å². The molecule has 0 aliphatic heterocycles. The molecule has 0 unspecified atom stereocenters. The summed E-state index contributed by atoms with van der Waals surface area (Å²) in [6.45, 7) is 4.27. The van der Waals surface area contributed by atoms with Gasteiger partial charge in [0.2, 0.25) is 0 Å². The first-order valence-electron chi connectivity index (χ1n) is 8.48. The van der Waals surface area contributed by atoms with Crippen molar-refractivity contribution in [2.45, 2.75) is 51.2 Å². The summed E-state index contributed by atoms with van der Waals surface area (Å²) in [4.78, 5) is 17.6. The molecule has 0 atom stereocenters. The van der Waals surface area contributed by atoms with Gasteiger partial charge in [0.15, 0.2) is 0 Å². The second-order valence-electron chi connectivity index (χ2n) is 7.88. The van der Waals surface area contributed by atoms with Crippen molar-refractivity contribution >= 4 is 27.0 Å². The summed E-state index contributed by atoms with van der Waals surface area (Å²) < 4.78 is 42.0. The SMILES string of the molecule is CC(C)=CCn1c(=O)c(C23CC(C(F)(F)F)(C2)C3)nc2cc(Br)ccc21. The molecule has 3 aliphatic carbocycles. The van der Waals surface area contributed by atoms with Crippen LogP contribution in [0.25, 0.3) is 11.0 Å². The number of alkyl halides is 3. The zero-order chi connectivity index (χ0) is 18.9. The summed E-state index contributed by atoms with van der Waals surface area (Å²) in [6, 6.07) is 5.46. The summed E-state index contributed by atoms with van der Waals surface area (Å²) in [6.07, 6.45) is -2.32. The molecule has 3 fully saturated rings. The number of benzene rings is 1. The van der Waals surface area contributed by atoms with E-state index < -0.39 is 17.0 Å². The van der Waals surface area contributed by atoms with Crippen LogP contribution in [0.4, 0.5) is 13.2 Å². The Morgan fingerprint density at radius 2 is 1.96 bits per heavy atom. The number of rotatable bonds is 3. The Balaban J connectivity index is 1.83. The van der Waals surface area contributed by atoms with Gasteiger partial charge in [-0.3, -0.25) is 4.79 Å². The Morgan fingerprint density at radius 1 is 1.31 bits per heavy atom. The van der Waals surface area contributed by atoms with Gasteiger partial charge in [0.1, 0.15) is 5.69 Å². The summed E-state index contributed by atoms with van der Waals surface area (Å²) in [5.74, 6) is 0. The highest BCUT2D eigenvalue weighted by molar-refractivity contribution is 9.10. The van der Waals surface area contributed by atoms with Crippen molar-refractivity contribution in [2.24, 2.45) is 5.41 Å².